The lowest BCUT2D eigenvalue weighted by Crippen LogP contribution is -2.35. The van der Waals surface area contributed by atoms with E-state index in [0.29, 0.717) is 13.0 Å². The Morgan fingerprint density at radius 2 is 1.81 bits per heavy atom. The first-order chi connectivity index (χ1) is 12.5. The lowest BCUT2D eigenvalue weighted by molar-refractivity contribution is -0.146. The second-order valence-electron chi connectivity index (χ2n) is 7.00. The molecule has 0 aromatic rings. The monoisotopic (exact) mass is 368 g/mol. The van der Waals surface area contributed by atoms with Gasteiger partial charge in [-0.3, -0.25) is 4.79 Å². The molecule has 1 saturated heterocycles. The average Bonchev–Trinajstić information content (AvgIpc) is 3.09. The molecular formula is C20H36N2O4. The van der Waals surface area contributed by atoms with Crippen molar-refractivity contribution < 1.29 is 19.1 Å². The topological polar surface area (TPSA) is 67.9 Å². The molecule has 1 amide bonds. The molecule has 0 aliphatic carbocycles. The number of unbranched alkanes of at least 4 members (excludes halogenated alkanes) is 3. The van der Waals surface area contributed by atoms with Crippen LogP contribution in [0, 0.1) is 13.8 Å². The van der Waals surface area contributed by atoms with Gasteiger partial charge in [0, 0.05) is 19.5 Å². The number of hydrogen-bond acceptors (Lipinski definition) is 5. The summed E-state index contributed by atoms with van der Waals surface area (Å²) in [6.07, 6.45) is 7.07. The highest BCUT2D eigenvalue weighted by Gasteiger charge is 2.18. The molecule has 1 N–H and O–H groups in total. The number of alkyl carbamates (subject to hydrolysis) is 1. The van der Waals surface area contributed by atoms with Crippen molar-refractivity contribution in [1.82, 2.24) is 10.2 Å². The second-order valence-corrected chi connectivity index (χ2v) is 7.00. The van der Waals surface area contributed by atoms with Crippen LogP contribution in [0.5, 0.6) is 0 Å². The Labute approximate surface area is 159 Å². The summed E-state index contributed by atoms with van der Waals surface area (Å²) in [5.41, 5.74) is 0. The van der Waals surface area contributed by atoms with Crippen LogP contribution in [0.1, 0.15) is 64.7 Å². The number of likely N-dealkylation sites (tertiary alicyclic amines) is 1. The first-order valence-corrected chi connectivity index (χ1v) is 10.0. The van der Waals surface area contributed by atoms with Gasteiger partial charge in [-0.2, -0.15) is 0 Å². The maximum Gasteiger partial charge on any atom is 0.407 e. The van der Waals surface area contributed by atoms with Gasteiger partial charge in [0.2, 0.25) is 0 Å². The number of amides is 1. The van der Waals surface area contributed by atoms with Gasteiger partial charge in [0.15, 0.2) is 0 Å². The minimum Gasteiger partial charge on any atom is -0.462 e. The van der Waals surface area contributed by atoms with Gasteiger partial charge in [-0.15, -0.1) is 0 Å². The molecule has 2 radical (unpaired) electrons. The van der Waals surface area contributed by atoms with E-state index in [4.69, 9.17) is 9.47 Å². The van der Waals surface area contributed by atoms with Crippen molar-refractivity contribution in [1.29, 1.82) is 0 Å². The Morgan fingerprint density at radius 1 is 1.08 bits per heavy atom. The summed E-state index contributed by atoms with van der Waals surface area (Å²) in [7, 11) is 0. The van der Waals surface area contributed by atoms with Gasteiger partial charge in [0.05, 0.1) is 0 Å². The zero-order chi connectivity index (χ0) is 19.2. The molecule has 6 heteroatoms. The van der Waals surface area contributed by atoms with Crippen molar-refractivity contribution in [3.63, 3.8) is 0 Å². The minimum absolute atomic E-state index is 0.209. The summed E-state index contributed by atoms with van der Waals surface area (Å²) in [5, 5.41) is 2.82. The Balaban J connectivity index is 2.30. The predicted octanol–water partition coefficient (Wildman–Crippen LogP) is 3.51. The normalized spacial score (nSPS) is 15.8. The Bertz CT molecular complexity index is 395. The number of ether oxygens (including phenoxy) is 2. The molecule has 1 atom stereocenters. The van der Waals surface area contributed by atoms with Crippen LogP contribution in [0.4, 0.5) is 4.79 Å². The van der Waals surface area contributed by atoms with Crippen molar-refractivity contribution in [2.24, 2.45) is 0 Å². The van der Waals surface area contributed by atoms with Crippen molar-refractivity contribution >= 4 is 12.1 Å². The summed E-state index contributed by atoms with van der Waals surface area (Å²) in [6.45, 7) is 12.9. The van der Waals surface area contributed by atoms with Gasteiger partial charge < -0.3 is 19.7 Å². The highest BCUT2D eigenvalue weighted by atomic mass is 16.6. The first-order valence-electron chi connectivity index (χ1n) is 10.0. The molecule has 6 nitrogen and oxygen atoms in total. The summed E-state index contributed by atoms with van der Waals surface area (Å²) in [6, 6.07) is 0. The van der Waals surface area contributed by atoms with Crippen LogP contribution >= 0.6 is 0 Å². The number of carbonyl (C=O) groups is 2. The number of hydrogen-bond donors (Lipinski definition) is 1. The zero-order valence-electron chi connectivity index (χ0n) is 16.3. The Kier molecular flexibility index (Phi) is 12.1. The van der Waals surface area contributed by atoms with E-state index >= 15 is 0 Å². The third-order valence-electron chi connectivity index (χ3n) is 4.52. The van der Waals surface area contributed by atoms with Crippen LogP contribution in [0.25, 0.3) is 0 Å². The van der Waals surface area contributed by atoms with Crippen LogP contribution in [-0.2, 0) is 14.3 Å². The van der Waals surface area contributed by atoms with Crippen molar-refractivity contribution in [2.45, 2.75) is 76.9 Å². The highest BCUT2D eigenvalue weighted by Crippen LogP contribution is 2.14. The first kappa shape index (κ1) is 22.7. The minimum atomic E-state index is -0.611. The smallest absolute Gasteiger partial charge is 0.407 e. The van der Waals surface area contributed by atoms with E-state index < -0.39 is 12.2 Å². The summed E-state index contributed by atoms with van der Waals surface area (Å²) in [5.74, 6) is -0.350. The molecule has 26 heavy (non-hydrogen) atoms. The number of esters is 1. The van der Waals surface area contributed by atoms with Crippen LogP contribution in [0.2, 0.25) is 0 Å². The number of rotatable bonds is 13. The zero-order valence-corrected chi connectivity index (χ0v) is 16.3. The van der Waals surface area contributed by atoms with E-state index in [1.807, 2.05) is 0 Å². The largest absolute Gasteiger partial charge is 0.462 e. The number of carbonyl (C=O) groups excluding carboxylic acids is 2. The molecule has 1 aliphatic rings. The van der Waals surface area contributed by atoms with Gasteiger partial charge in [-0.05, 0) is 59.0 Å². The molecule has 0 aromatic carbocycles. The maximum absolute atomic E-state index is 12.1. The van der Waals surface area contributed by atoms with Gasteiger partial charge in [0.1, 0.15) is 12.2 Å². The van der Waals surface area contributed by atoms with Gasteiger partial charge in [-0.1, -0.05) is 26.2 Å². The molecule has 0 spiro atoms. The van der Waals surface area contributed by atoms with E-state index in [0.717, 1.165) is 45.3 Å². The maximum atomic E-state index is 12.1. The van der Waals surface area contributed by atoms with E-state index in [1.165, 1.54) is 19.3 Å². The molecule has 1 fully saturated rings. The Morgan fingerprint density at radius 3 is 2.46 bits per heavy atom. The van der Waals surface area contributed by atoms with Crippen molar-refractivity contribution in [2.75, 3.05) is 26.2 Å². The molecule has 1 unspecified atom stereocenters. The summed E-state index contributed by atoms with van der Waals surface area (Å²) >= 11 is 0. The predicted molar refractivity (Wildman–Crippen MR) is 103 cm³/mol. The lowest BCUT2D eigenvalue weighted by atomic mass is 10.1. The molecule has 0 saturated carbocycles. The van der Waals surface area contributed by atoms with Crippen molar-refractivity contribution in [3.8, 4) is 0 Å². The second kappa shape index (κ2) is 13.8. The molecule has 1 heterocycles. The molecule has 150 valence electrons. The molecule has 0 aromatic heterocycles. The van der Waals surface area contributed by atoms with Crippen molar-refractivity contribution in [3.05, 3.63) is 13.8 Å². The van der Waals surface area contributed by atoms with Crippen LogP contribution < -0.4 is 5.32 Å². The summed E-state index contributed by atoms with van der Waals surface area (Å²) in [4.78, 5) is 26.1. The average molecular weight is 369 g/mol. The summed E-state index contributed by atoms with van der Waals surface area (Å²) < 4.78 is 10.5. The lowest BCUT2D eigenvalue weighted by Gasteiger charge is -2.19. The fourth-order valence-electron chi connectivity index (χ4n) is 3.10. The standard InChI is InChI=1S/C20H36N2O4/c1-4-5-6-7-10-18(11-12-19(23)25-17(2)3)26-20(24)21-13-16-22-14-8-9-15-22/h17-18H,2-16H2,1H3,(H,21,24). The number of nitrogens with one attached hydrogen (secondary N) is 1. The van der Waals surface area contributed by atoms with Gasteiger partial charge in [-0.25, -0.2) is 4.79 Å². The van der Waals surface area contributed by atoms with Crippen LogP contribution in [0.3, 0.4) is 0 Å². The quantitative estimate of drug-likeness (QED) is 0.398. The SMILES string of the molecule is [CH2]C([CH2])OC(=O)CCC(CCCCCC)OC(=O)NCCN1CCCC1. The van der Waals surface area contributed by atoms with Crippen LogP contribution in [0.15, 0.2) is 0 Å². The molecular weight excluding hydrogens is 332 g/mol. The van der Waals surface area contributed by atoms with Crippen LogP contribution in [-0.4, -0.2) is 55.3 Å². The van der Waals surface area contributed by atoms with E-state index in [-0.39, 0.29) is 18.5 Å². The fraction of sp³-hybridized carbons (Fsp3) is 0.800. The molecule has 1 aliphatic heterocycles. The Hall–Kier alpha value is -1.30. The highest BCUT2D eigenvalue weighted by molar-refractivity contribution is 5.70. The third-order valence-corrected chi connectivity index (χ3v) is 4.52. The molecule has 1 rings (SSSR count). The fourth-order valence-corrected chi connectivity index (χ4v) is 3.10. The molecule has 0 bridgehead atoms. The van der Waals surface area contributed by atoms with Gasteiger partial charge >= 0.3 is 12.1 Å². The van der Waals surface area contributed by atoms with E-state index in [9.17, 15) is 9.59 Å². The third kappa shape index (κ3) is 11.3. The van der Waals surface area contributed by atoms with Gasteiger partial charge in [0.25, 0.3) is 0 Å². The van der Waals surface area contributed by atoms with E-state index in [2.05, 4.69) is 31.0 Å². The number of nitrogens with zero attached hydrogens (tertiary/aromatic N) is 1. The van der Waals surface area contributed by atoms with E-state index in [1.54, 1.807) is 0 Å².